The Morgan fingerprint density at radius 1 is 1.10 bits per heavy atom. The van der Waals surface area contributed by atoms with Gasteiger partial charge in [-0.15, -0.1) is 0 Å². The van der Waals surface area contributed by atoms with E-state index >= 15 is 0 Å². The molecule has 0 heterocycles. The van der Waals surface area contributed by atoms with Crippen LogP contribution in [0.2, 0.25) is 0 Å². The molecule has 0 spiro atoms. The summed E-state index contributed by atoms with van der Waals surface area (Å²) < 4.78 is 25.6. The lowest BCUT2D eigenvalue weighted by Gasteiger charge is -2.13. The van der Waals surface area contributed by atoms with Gasteiger partial charge in [-0.3, -0.25) is 9.59 Å². The van der Waals surface area contributed by atoms with Gasteiger partial charge in [0.05, 0.1) is 28.7 Å². The Kier molecular flexibility index (Phi) is 9.52. The first kappa shape index (κ1) is 23.6. The summed E-state index contributed by atoms with van der Waals surface area (Å²) >= 11 is 2.15. The average Bonchev–Trinajstić information content (AvgIpc) is 2.71. The van der Waals surface area contributed by atoms with E-state index in [0.29, 0.717) is 24.7 Å². The lowest BCUT2D eigenvalue weighted by molar-refractivity contribution is -0.124. The molecule has 0 bridgehead atoms. The molecule has 2 aromatic carbocycles. The van der Waals surface area contributed by atoms with E-state index in [9.17, 15) is 14.0 Å². The van der Waals surface area contributed by atoms with Crippen molar-refractivity contribution < 1.29 is 23.5 Å². The molecular weight excluding hydrogens is 504 g/mol. The summed E-state index contributed by atoms with van der Waals surface area (Å²) in [6, 6.07) is 9.46. The highest BCUT2D eigenvalue weighted by atomic mass is 127. The maximum absolute atomic E-state index is 13.5. The largest absolute Gasteiger partial charge is 0.490 e. The summed E-state index contributed by atoms with van der Waals surface area (Å²) in [6.45, 7) is 4.78. The van der Waals surface area contributed by atoms with Crippen molar-refractivity contribution in [2.24, 2.45) is 5.10 Å². The monoisotopic (exact) mass is 527 g/mol. The van der Waals surface area contributed by atoms with E-state index in [1.165, 1.54) is 24.4 Å². The summed E-state index contributed by atoms with van der Waals surface area (Å²) in [6.07, 6.45) is 1.31. The predicted octanol–water partition coefficient (Wildman–Crippen LogP) is 4.10. The molecule has 0 unspecified atom stereocenters. The number of para-hydroxylation sites is 1. The van der Waals surface area contributed by atoms with E-state index in [4.69, 9.17) is 9.47 Å². The normalized spacial score (nSPS) is 10.7. The zero-order valence-electron chi connectivity index (χ0n) is 16.7. The van der Waals surface area contributed by atoms with Crippen LogP contribution in [0.4, 0.5) is 10.1 Å². The number of nitrogens with one attached hydrogen (secondary N) is 2. The highest BCUT2D eigenvalue weighted by molar-refractivity contribution is 14.1. The van der Waals surface area contributed by atoms with Gasteiger partial charge in [0.25, 0.3) is 0 Å². The molecule has 2 aromatic rings. The molecule has 0 saturated heterocycles. The van der Waals surface area contributed by atoms with Crippen molar-refractivity contribution in [1.29, 1.82) is 0 Å². The molecule has 0 saturated carbocycles. The van der Waals surface area contributed by atoms with Gasteiger partial charge in [0.1, 0.15) is 5.82 Å². The van der Waals surface area contributed by atoms with Crippen LogP contribution in [-0.4, -0.2) is 31.2 Å². The Hall–Kier alpha value is -2.69. The minimum absolute atomic E-state index is 0.0798. The molecule has 0 fully saturated rings. The van der Waals surface area contributed by atoms with E-state index in [1.807, 2.05) is 19.9 Å². The van der Waals surface area contributed by atoms with E-state index in [-0.39, 0.29) is 18.5 Å². The van der Waals surface area contributed by atoms with Gasteiger partial charge in [-0.1, -0.05) is 12.1 Å². The van der Waals surface area contributed by atoms with Crippen LogP contribution in [-0.2, 0) is 9.59 Å². The molecule has 0 aliphatic carbocycles. The Balaban J connectivity index is 1.88. The van der Waals surface area contributed by atoms with Crippen LogP contribution in [0.25, 0.3) is 0 Å². The zero-order chi connectivity index (χ0) is 21.9. The van der Waals surface area contributed by atoms with Crippen molar-refractivity contribution in [2.75, 3.05) is 18.5 Å². The van der Waals surface area contributed by atoms with E-state index in [2.05, 4.69) is 38.4 Å². The first-order chi connectivity index (χ1) is 14.4. The third-order valence-electron chi connectivity index (χ3n) is 3.75. The standard InChI is InChI=1S/C21H23FIN3O4/c1-3-29-18-12-14(11-16(23)21(18)30-4-2)13-24-26-20(28)10-9-19(27)25-17-8-6-5-7-15(17)22/h5-8,11-13H,3-4,9-10H2,1-2H3,(H,25,27)(H,26,28). The number of hydrazone groups is 1. The van der Waals surface area contributed by atoms with Crippen LogP contribution in [0.15, 0.2) is 41.5 Å². The first-order valence-electron chi connectivity index (χ1n) is 9.40. The fourth-order valence-electron chi connectivity index (χ4n) is 2.45. The number of rotatable bonds is 10. The molecule has 160 valence electrons. The molecule has 7 nitrogen and oxygen atoms in total. The van der Waals surface area contributed by atoms with Crippen LogP contribution in [0.5, 0.6) is 11.5 Å². The second-order valence-electron chi connectivity index (χ2n) is 6.02. The van der Waals surface area contributed by atoms with Gasteiger partial charge in [-0.25, -0.2) is 9.82 Å². The number of carbonyl (C=O) groups is 2. The van der Waals surface area contributed by atoms with Gasteiger partial charge in [0, 0.05) is 12.8 Å². The number of hydrogen-bond donors (Lipinski definition) is 2. The van der Waals surface area contributed by atoms with Crippen molar-refractivity contribution >= 4 is 46.3 Å². The minimum atomic E-state index is -0.531. The summed E-state index contributed by atoms with van der Waals surface area (Å²) in [4.78, 5) is 23.8. The average molecular weight is 527 g/mol. The third-order valence-corrected chi connectivity index (χ3v) is 4.55. The van der Waals surface area contributed by atoms with Crippen molar-refractivity contribution in [3.63, 3.8) is 0 Å². The van der Waals surface area contributed by atoms with Crippen LogP contribution in [0.3, 0.4) is 0 Å². The van der Waals surface area contributed by atoms with Crippen molar-refractivity contribution in [1.82, 2.24) is 5.43 Å². The molecule has 0 atom stereocenters. The van der Waals surface area contributed by atoms with Crippen LogP contribution >= 0.6 is 22.6 Å². The van der Waals surface area contributed by atoms with E-state index in [1.54, 1.807) is 12.1 Å². The van der Waals surface area contributed by atoms with Crippen molar-refractivity contribution in [2.45, 2.75) is 26.7 Å². The summed E-state index contributed by atoms with van der Waals surface area (Å²) in [5, 5.41) is 6.35. The number of hydrogen-bond acceptors (Lipinski definition) is 5. The van der Waals surface area contributed by atoms with Crippen LogP contribution < -0.4 is 20.2 Å². The lowest BCUT2D eigenvalue weighted by atomic mass is 10.2. The smallest absolute Gasteiger partial charge is 0.240 e. The Labute approximate surface area is 188 Å². The zero-order valence-corrected chi connectivity index (χ0v) is 18.9. The molecule has 2 amide bonds. The summed E-state index contributed by atoms with van der Waals surface area (Å²) in [5.41, 5.74) is 3.18. The second kappa shape index (κ2) is 12.1. The summed E-state index contributed by atoms with van der Waals surface area (Å²) in [5.74, 6) is -0.149. The molecule has 9 heteroatoms. The Morgan fingerprint density at radius 3 is 2.50 bits per heavy atom. The molecule has 30 heavy (non-hydrogen) atoms. The van der Waals surface area contributed by atoms with Crippen LogP contribution in [0.1, 0.15) is 32.3 Å². The van der Waals surface area contributed by atoms with Crippen LogP contribution in [0, 0.1) is 9.39 Å². The van der Waals surface area contributed by atoms with Gasteiger partial charge in [-0.2, -0.15) is 5.10 Å². The minimum Gasteiger partial charge on any atom is -0.490 e. The molecule has 0 aliphatic heterocycles. The molecular formula is C21H23FIN3O4. The number of ether oxygens (including phenoxy) is 2. The highest BCUT2D eigenvalue weighted by Crippen LogP contribution is 2.33. The third kappa shape index (κ3) is 7.29. The maximum Gasteiger partial charge on any atom is 0.240 e. The molecule has 0 aromatic heterocycles. The highest BCUT2D eigenvalue weighted by Gasteiger charge is 2.12. The second-order valence-corrected chi connectivity index (χ2v) is 7.18. The summed E-state index contributed by atoms with van der Waals surface area (Å²) in [7, 11) is 0. The van der Waals surface area contributed by atoms with E-state index in [0.717, 1.165) is 9.13 Å². The van der Waals surface area contributed by atoms with Gasteiger partial charge in [0.2, 0.25) is 11.8 Å². The number of amides is 2. The van der Waals surface area contributed by atoms with Crippen molar-refractivity contribution in [3.05, 3.63) is 51.3 Å². The van der Waals surface area contributed by atoms with Gasteiger partial charge >= 0.3 is 0 Å². The van der Waals surface area contributed by atoms with Gasteiger partial charge < -0.3 is 14.8 Å². The lowest BCUT2D eigenvalue weighted by Crippen LogP contribution is -2.21. The topological polar surface area (TPSA) is 89.0 Å². The predicted molar refractivity (Wildman–Crippen MR) is 121 cm³/mol. The van der Waals surface area contributed by atoms with Gasteiger partial charge in [-0.05, 0) is 66.3 Å². The number of benzene rings is 2. The maximum atomic E-state index is 13.5. The fourth-order valence-corrected chi connectivity index (χ4v) is 3.23. The van der Waals surface area contributed by atoms with Crippen molar-refractivity contribution in [3.8, 4) is 11.5 Å². The Bertz CT molecular complexity index is 921. The quantitative estimate of drug-likeness (QED) is 0.277. The van der Waals surface area contributed by atoms with E-state index < -0.39 is 17.6 Å². The number of carbonyl (C=O) groups excluding carboxylic acids is 2. The van der Waals surface area contributed by atoms with Gasteiger partial charge in [0.15, 0.2) is 11.5 Å². The molecule has 0 aliphatic rings. The first-order valence-corrected chi connectivity index (χ1v) is 10.5. The fraction of sp³-hybridized carbons (Fsp3) is 0.286. The molecule has 0 radical (unpaired) electrons. The Morgan fingerprint density at radius 2 is 1.80 bits per heavy atom. The molecule has 2 N–H and O–H groups in total. The molecule has 2 rings (SSSR count). The number of anilines is 1. The number of nitrogens with zero attached hydrogens (tertiary/aromatic N) is 1. The number of halogens is 2. The SMILES string of the molecule is CCOc1cc(C=NNC(=O)CCC(=O)Nc2ccccc2F)cc(I)c1OCC.